The van der Waals surface area contributed by atoms with E-state index in [1.54, 1.807) is 11.3 Å². The third-order valence-corrected chi connectivity index (χ3v) is 5.34. The number of benzene rings is 1. The molecule has 1 unspecified atom stereocenters. The molecule has 2 atom stereocenters. The van der Waals surface area contributed by atoms with Crippen LogP contribution in [-0.4, -0.2) is 25.5 Å². The molecule has 1 amide bonds. The Hall–Kier alpha value is -1.91. The Kier molecular flexibility index (Phi) is 5.26. The number of carbonyl (C=O) groups excluding carboxylic acids is 1. The van der Waals surface area contributed by atoms with Crippen LogP contribution in [0.25, 0.3) is 5.57 Å². The van der Waals surface area contributed by atoms with Gasteiger partial charge in [0, 0.05) is 11.3 Å². The molecule has 2 aromatic rings. The maximum Gasteiger partial charge on any atom is 0.275 e. The van der Waals surface area contributed by atoms with Gasteiger partial charge in [0.15, 0.2) is 6.54 Å². The first-order chi connectivity index (χ1) is 11.2. The van der Waals surface area contributed by atoms with E-state index in [9.17, 15) is 4.79 Å². The summed E-state index contributed by atoms with van der Waals surface area (Å²) in [4.78, 5) is 14.8. The molecule has 120 valence electrons. The summed E-state index contributed by atoms with van der Waals surface area (Å²) in [5.74, 6) is 0.137. The van der Waals surface area contributed by atoms with Crippen molar-refractivity contribution in [2.45, 2.75) is 19.4 Å². The van der Waals surface area contributed by atoms with E-state index in [2.05, 4.69) is 41.7 Å². The number of carbonyl (C=O) groups is 1. The largest absolute Gasteiger partial charge is 0.344 e. The van der Waals surface area contributed by atoms with Gasteiger partial charge in [-0.25, -0.2) is 0 Å². The molecule has 0 fully saturated rings. The molecule has 23 heavy (non-hydrogen) atoms. The Bertz CT molecular complexity index is 664. The first kappa shape index (κ1) is 16.0. The zero-order valence-electron chi connectivity index (χ0n) is 13.4. The summed E-state index contributed by atoms with van der Waals surface area (Å²) in [7, 11) is 0. The number of hydrogen-bond acceptors (Lipinski definition) is 2. The minimum atomic E-state index is 0.0992. The van der Waals surface area contributed by atoms with E-state index >= 15 is 0 Å². The fourth-order valence-electron chi connectivity index (χ4n) is 2.99. The molecule has 2 heterocycles. The first-order valence-corrected chi connectivity index (χ1v) is 9.01. The summed E-state index contributed by atoms with van der Waals surface area (Å²) in [6.45, 7) is 4.53. The molecule has 0 saturated carbocycles. The van der Waals surface area contributed by atoms with Gasteiger partial charge < -0.3 is 10.2 Å². The standard InChI is InChI=1S/C19H22N2OS/c1-15(18-8-5-13-23-18)20-19(22)14-21-11-9-17(10-12-21)16-6-3-2-4-7-16/h2-9,13,15H,10-12,14H2,1H3,(H,20,22)/p+1/t15-/m1/s1. The summed E-state index contributed by atoms with van der Waals surface area (Å²) in [6.07, 6.45) is 3.32. The Morgan fingerprint density at radius 3 is 2.74 bits per heavy atom. The smallest absolute Gasteiger partial charge is 0.275 e. The second-order valence-corrected chi connectivity index (χ2v) is 7.01. The summed E-state index contributed by atoms with van der Waals surface area (Å²) >= 11 is 1.69. The first-order valence-electron chi connectivity index (χ1n) is 8.13. The fourth-order valence-corrected chi connectivity index (χ4v) is 3.72. The highest BCUT2D eigenvalue weighted by atomic mass is 32.1. The lowest BCUT2D eigenvalue weighted by Crippen LogP contribution is -3.13. The van der Waals surface area contributed by atoms with Crippen molar-refractivity contribution < 1.29 is 9.69 Å². The molecule has 1 aliphatic rings. The zero-order chi connectivity index (χ0) is 16.1. The SMILES string of the molecule is C[C@@H](NC(=O)C[NH+]1CC=C(c2ccccc2)CC1)c1cccs1. The molecular formula is C19H23N2OS+. The fraction of sp³-hybridized carbons (Fsp3) is 0.316. The minimum Gasteiger partial charge on any atom is -0.344 e. The summed E-state index contributed by atoms with van der Waals surface area (Å²) in [5, 5.41) is 5.15. The average molecular weight is 327 g/mol. The topological polar surface area (TPSA) is 33.5 Å². The normalized spacial score (nSPS) is 19.0. The van der Waals surface area contributed by atoms with Crippen LogP contribution < -0.4 is 10.2 Å². The molecule has 0 spiro atoms. The van der Waals surface area contributed by atoms with E-state index < -0.39 is 0 Å². The minimum absolute atomic E-state index is 0.0992. The molecule has 4 heteroatoms. The lowest BCUT2D eigenvalue weighted by molar-refractivity contribution is -0.886. The maximum atomic E-state index is 12.2. The van der Waals surface area contributed by atoms with Gasteiger partial charge in [-0.1, -0.05) is 36.4 Å². The van der Waals surface area contributed by atoms with Crippen molar-refractivity contribution in [3.8, 4) is 0 Å². The van der Waals surface area contributed by atoms with Crippen LogP contribution in [0.2, 0.25) is 0 Å². The molecule has 3 nitrogen and oxygen atoms in total. The monoisotopic (exact) mass is 327 g/mol. The van der Waals surface area contributed by atoms with Gasteiger partial charge in [-0.15, -0.1) is 11.3 Å². The molecule has 3 rings (SSSR count). The number of hydrogen-bond donors (Lipinski definition) is 2. The number of amides is 1. The van der Waals surface area contributed by atoms with Crippen molar-refractivity contribution in [1.82, 2.24) is 5.32 Å². The van der Waals surface area contributed by atoms with Crippen molar-refractivity contribution in [2.75, 3.05) is 19.6 Å². The predicted molar refractivity (Wildman–Crippen MR) is 95.5 cm³/mol. The Morgan fingerprint density at radius 2 is 2.09 bits per heavy atom. The van der Waals surface area contributed by atoms with E-state index in [1.165, 1.54) is 20.9 Å². The lowest BCUT2D eigenvalue weighted by atomic mass is 10.00. The van der Waals surface area contributed by atoms with Crippen LogP contribution in [0.4, 0.5) is 0 Å². The van der Waals surface area contributed by atoms with Crippen molar-refractivity contribution in [3.63, 3.8) is 0 Å². The van der Waals surface area contributed by atoms with E-state index in [1.807, 2.05) is 24.4 Å². The average Bonchev–Trinajstić information content (AvgIpc) is 3.11. The summed E-state index contributed by atoms with van der Waals surface area (Å²) in [5.41, 5.74) is 2.71. The van der Waals surface area contributed by atoms with Crippen LogP contribution in [0, 0.1) is 0 Å². The van der Waals surface area contributed by atoms with Crippen LogP contribution in [0.15, 0.2) is 53.9 Å². The van der Waals surface area contributed by atoms with Crippen LogP contribution >= 0.6 is 11.3 Å². The van der Waals surface area contributed by atoms with Crippen LogP contribution in [-0.2, 0) is 4.79 Å². The number of thiophene rings is 1. The molecule has 0 aliphatic carbocycles. The Morgan fingerprint density at radius 1 is 1.26 bits per heavy atom. The van der Waals surface area contributed by atoms with Crippen molar-refractivity contribution in [3.05, 3.63) is 64.4 Å². The van der Waals surface area contributed by atoms with Crippen LogP contribution in [0.5, 0.6) is 0 Å². The van der Waals surface area contributed by atoms with Crippen molar-refractivity contribution in [2.24, 2.45) is 0 Å². The second kappa shape index (κ2) is 7.57. The van der Waals surface area contributed by atoms with Crippen molar-refractivity contribution >= 4 is 22.8 Å². The molecule has 0 bridgehead atoms. The van der Waals surface area contributed by atoms with Crippen LogP contribution in [0.1, 0.15) is 29.8 Å². The van der Waals surface area contributed by atoms with E-state index in [4.69, 9.17) is 0 Å². The van der Waals surface area contributed by atoms with Gasteiger partial charge in [0.2, 0.25) is 0 Å². The molecule has 1 aliphatic heterocycles. The van der Waals surface area contributed by atoms with Crippen molar-refractivity contribution in [1.29, 1.82) is 0 Å². The Labute approximate surface area is 141 Å². The third kappa shape index (κ3) is 4.30. The van der Waals surface area contributed by atoms with E-state index in [0.29, 0.717) is 6.54 Å². The zero-order valence-corrected chi connectivity index (χ0v) is 14.2. The quantitative estimate of drug-likeness (QED) is 0.868. The van der Waals surface area contributed by atoms with Gasteiger partial charge in [-0.05, 0) is 35.6 Å². The second-order valence-electron chi connectivity index (χ2n) is 6.03. The highest BCUT2D eigenvalue weighted by Gasteiger charge is 2.20. The summed E-state index contributed by atoms with van der Waals surface area (Å²) in [6, 6.07) is 14.7. The van der Waals surface area contributed by atoms with Crippen LogP contribution in [0.3, 0.4) is 0 Å². The Balaban J connectivity index is 1.50. The molecule has 2 N–H and O–H groups in total. The van der Waals surface area contributed by atoms with E-state index in [-0.39, 0.29) is 11.9 Å². The highest BCUT2D eigenvalue weighted by Crippen LogP contribution is 2.18. The molecule has 0 radical (unpaired) electrons. The van der Waals surface area contributed by atoms with Gasteiger partial charge in [-0.2, -0.15) is 0 Å². The predicted octanol–water partition coefficient (Wildman–Crippen LogP) is 2.30. The third-order valence-electron chi connectivity index (χ3n) is 4.29. The number of nitrogens with one attached hydrogen (secondary N) is 2. The van der Waals surface area contributed by atoms with Gasteiger partial charge in [0.1, 0.15) is 0 Å². The van der Waals surface area contributed by atoms with Gasteiger partial charge >= 0.3 is 0 Å². The summed E-state index contributed by atoms with van der Waals surface area (Å²) < 4.78 is 0. The number of rotatable bonds is 5. The van der Waals surface area contributed by atoms with Gasteiger partial charge in [0.25, 0.3) is 5.91 Å². The molecule has 1 aromatic heterocycles. The van der Waals surface area contributed by atoms with E-state index in [0.717, 1.165) is 19.5 Å². The maximum absolute atomic E-state index is 12.2. The molecule has 1 aromatic carbocycles. The molecular weight excluding hydrogens is 304 g/mol. The number of quaternary nitrogens is 1. The van der Waals surface area contributed by atoms with Gasteiger partial charge in [-0.3, -0.25) is 4.79 Å². The highest BCUT2D eigenvalue weighted by molar-refractivity contribution is 7.10. The lowest BCUT2D eigenvalue weighted by Gasteiger charge is -2.24. The molecule has 0 saturated heterocycles. The van der Waals surface area contributed by atoms with Gasteiger partial charge in [0.05, 0.1) is 19.1 Å².